The number of likely N-dealkylation sites (N-methyl/N-ethyl adjacent to an activating group) is 1. The molecule has 0 saturated heterocycles. The quantitative estimate of drug-likeness (QED) is 0.381. The van der Waals surface area contributed by atoms with Crippen molar-refractivity contribution in [2.45, 2.75) is 38.1 Å². The van der Waals surface area contributed by atoms with Gasteiger partial charge in [0.1, 0.15) is 0 Å². The number of carbonyl (C=O) groups is 1. The van der Waals surface area contributed by atoms with Crippen LogP contribution in [-0.2, 0) is 11.2 Å². The molecule has 108 valence electrons. The van der Waals surface area contributed by atoms with Crippen molar-refractivity contribution in [1.82, 2.24) is 4.90 Å². The predicted octanol–water partition coefficient (Wildman–Crippen LogP) is 1.70. The Morgan fingerprint density at radius 2 is 2.20 bits per heavy atom. The highest BCUT2D eigenvalue weighted by Gasteiger charge is 2.31. The highest BCUT2D eigenvalue weighted by atomic mass is 16.4. The van der Waals surface area contributed by atoms with Gasteiger partial charge in [0.15, 0.2) is 5.84 Å². The molecule has 1 aromatic carbocycles. The summed E-state index contributed by atoms with van der Waals surface area (Å²) in [4.78, 5) is 14.2. The third-order valence-corrected chi connectivity index (χ3v) is 4.14. The molecule has 0 aromatic heterocycles. The summed E-state index contributed by atoms with van der Waals surface area (Å²) in [5, 5.41) is 11.7. The summed E-state index contributed by atoms with van der Waals surface area (Å²) in [6, 6.07) is 7.67. The molecule has 0 saturated carbocycles. The molecule has 1 aliphatic carbocycles. The number of rotatable bonds is 3. The molecule has 0 bridgehead atoms. The Morgan fingerprint density at radius 3 is 2.90 bits per heavy atom. The highest BCUT2D eigenvalue weighted by molar-refractivity contribution is 5.92. The number of aryl methyl sites for hydroxylation is 1. The molecule has 0 fully saturated rings. The molecular weight excluding hydrogens is 254 g/mol. The standard InChI is InChI=1S/C15H21N3O2/c1-10(14(16)17-20)18(2)15(19)13-9-5-7-11-6-3-4-8-12(11)13/h3-4,6,8,10,13,20H,5,7,9H2,1-2H3,(H2,16,17). The lowest BCUT2D eigenvalue weighted by molar-refractivity contribution is -0.132. The number of nitrogens with zero attached hydrogens (tertiary/aromatic N) is 2. The Labute approximate surface area is 119 Å². The molecule has 3 N–H and O–H groups in total. The van der Waals surface area contributed by atoms with Gasteiger partial charge in [-0.25, -0.2) is 0 Å². The van der Waals surface area contributed by atoms with Crippen molar-refractivity contribution >= 4 is 11.7 Å². The van der Waals surface area contributed by atoms with Gasteiger partial charge in [-0.2, -0.15) is 0 Å². The van der Waals surface area contributed by atoms with Crippen molar-refractivity contribution in [3.63, 3.8) is 0 Å². The Balaban J connectivity index is 2.22. The molecule has 20 heavy (non-hydrogen) atoms. The number of benzene rings is 1. The van der Waals surface area contributed by atoms with E-state index in [4.69, 9.17) is 10.9 Å². The molecule has 5 heteroatoms. The first-order valence-electron chi connectivity index (χ1n) is 6.88. The van der Waals surface area contributed by atoms with Gasteiger partial charge in [0.25, 0.3) is 0 Å². The summed E-state index contributed by atoms with van der Waals surface area (Å²) in [6.45, 7) is 1.75. The van der Waals surface area contributed by atoms with Crippen molar-refractivity contribution in [3.05, 3.63) is 35.4 Å². The van der Waals surface area contributed by atoms with Gasteiger partial charge in [0.05, 0.1) is 12.0 Å². The Bertz CT molecular complexity index is 528. The first-order valence-corrected chi connectivity index (χ1v) is 6.88. The van der Waals surface area contributed by atoms with Crippen LogP contribution >= 0.6 is 0 Å². The minimum Gasteiger partial charge on any atom is -0.409 e. The average Bonchev–Trinajstić information content (AvgIpc) is 2.51. The van der Waals surface area contributed by atoms with Crippen molar-refractivity contribution in [2.24, 2.45) is 10.9 Å². The van der Waals surface area contributed by atoms with Gasteiger partial charge in [-0.1, -0.05) is 29.4 Å². The van der Waals surface area contributed by atoms with E-state index in [0.717, 1.165) is 24.8 Å². The maximum Gasteiger partial charge on any atom is 0.230 e. The van der Waals surface area contributed by atoms with Crippen LogP contribution in [0.3, 0.4) is 0 Å². The van der Waals surface area contributed by atoms with Gasteiger partial charge < -0.3 is 15.8 Å². The van der Waals surface area contributed by atoms with Gasteiger partial charge in [-0.15, -0.1) is 0 Å². The van der Waals surface area contributed by atoms with Gasteiger partial charge in [-0.05, 0) is 37.3 Å². The second-order valence-corrected chi connectivity index (χ2v) is 5.29. The molecule has 2 unspecified atom stereocenters. The Morgan fingerprint density at radius 1 is 1.50 bits per heavy atom. The first-order chi connectivity index (χ1) is 9.56. The topological polar surface area (TPSA) is 78.9 Å². The fourth-order valence-electron chi connectivity index (χ4n) is 2.73. The summed E-state index contributed by atoms with van der Waals surface area (Å²) in [5.74, 6) is -0.0555. The van der Waals surface area contributed by atoms with Gasteiger partial charge in [-0.3, -0.25) is 4.79 Å². The van der Waals surface area contributed by atoms with Crippen LogP contribution < -0.4 is 5.73 Å². The van der Waals surface area contributed by atoms with Crippen LogP contribution in [0.5, 0.6) is 0 Å². The molecule has 1 amide bonds. The van der Waals surface area contributed by atoms with Crippen LogP contribution in [0.1, 0.15) is 36.8 Å². The summed E-state index contributed by atoms with van der Waals surface area (Å²) in [6.07, 6.45) is 2.89. The second kappa shape index (κ2) is 5.94. The lowest BCUT2D eigenvalue weighted by Crippen LogP contribution is -2.46. The Hall–Kier alpha value is -2.04. The predicted molar refractivity (Wildman–Crippen MR) is 77.8 cm³/mol. The molecule has 0 aliphatic heterocycles. The number of fused-ring (bicyclic) bond motifs is 1. The fraction of sp³-hybridized carbons (Fsp3) is 0.467. The van der Waals surface area contributed by atoms with E-state index in [1.807, 2.05) is 18.2 Å². The van der Waals surface area contributed by atoms with Crippen molar-refractivity contribution in [1.29, 1.82) is 0 Å². The lowest BCUT2D eigenvalue weighted by atomic mass is 9.82. The van der Waals surface area contributed by atoms with E-state index in [1.165, 1.54) is 5.56 Å². The summed E-state index contributed by atoms with van der Waals surface area (Å²) < 4.78 is 0. The lowest BCUT2D eigenvalue weighted by Gasteiger charge is -2.31. The SMILES string of the molecule is CC(C(N)=NO)N(C)C(=O)C1CCCc2ccccc21. The zero-order chi connectivity index (χ0) is 14.7. The van der Waals surface area contributed by atoms with E-state index >= 15 is 0 Å². The van der Waals surface area contributed by atoms with Crippen LogP contribution in [0, 0.1) is 0 Å². The number of hydrogen-bond acceptors (Lipinski definition) is 3. The monoisotopic (exact) mass is 275 g/mol. The molecule has 2 atom stereocenters. The summed E-state index contributed by atoms with van der Waals surface area (Å²) in [7, 11) is 1.70. The van der Waals surface area contributed by atoms with Crippen molar-refractivity contribution < 1.29 is 10.0 Å². The maximum atomic E-state index is 12.7. The highest BCUT2D eigenvalue weighted by Crippen LogP contribution is 2.32. The van der Waals surface area contributed by atoms with E-state index in [1.54, 1.807) is 18.9 Å². The zero-order valence-corrected chi connectivity index (χ0v) is 11.9. The third kappa shape index (κ3) is 2.61. The smallest absolute Gasteiger partial charge is 0.230 e. The van der Waals surface area contributed by atoms with Gasteiger partial charge >= 0.3 is 0 Å². The van der Waals surface area contributed by atoms with Crippen LogP contribution in [0.15, 0.2) is 29.4 Å². The fourth-order valence-corrected chi connectivity index (χ4v) is 2.73. The molecule has 0 spiro atoms. The van der Waals surface area contributed by atoms with Gasteiger partial charge in [0.2, 0.25) is 5.91 Å². The second-order valence-electron chi connectivity index (χ2n) is 5.29. The minimum absolute atomic E-state index is 0.0243. The van der Waals surface area contributed by atoms with Crippen molar-refractivity contribution in [2.75, 3.05) is 7.05 Å². The van der Waals surface area contributed by atoms with Crippen LogP contribution in [-0.4, -0.2) is 34.9 Å². The summed E-state index contributed by atoms with van der Waals surface area (Å²) >= 11 is 0. The number of amidine groups is 1. The minimum atomic E-state index is -0.415. The summed E-state index contributed by atoms with van der Waals surface area (Å²) in [5.41, 5.74) is 7.95. The number of nitrogens with two attached hydrogens (primary N) is 1. The average molecular weight is 275 g/mol. The molecule has 1 aromatic rings. The maximum absolute atomic E-state index is 12.7. The van der Waals surface area contributed by atoms with Gasteiger partial charge in [0, 0.05) is 7.05 Å². The number of oxime groups is 1. The molecule has 0 radical (unpaired) electrons. The van der Waals surface area contributed by atoms with Crippen LogP contribution in [0.25, 0.3) is 0 Å². The molecular formula is C15H21N3O2. The van der Waals surface area contributed by atoms with Crippen LogP contribution in [0.2, 0.25) is 0 Å². The largest absolute Gasteiger partial charge is 0.409 e. The van der Waals surface area contributed by atoms with E-state index in [0.29, 0.717) is 0 Å². The zero-order valence-electron chi connectivity index (χ0n) is 11.9. The Kier molecular flexibility index (Phi) is 4.27. The van der Waals surface area contributed by atoms with E-state index in [-0.39, 0.29) is 17.7 Å². The number of carbonyl (C=O) groups excluding carboxylic acids is 1. The normalized spacial score (nSPS) is 20.1. The number of amides is 1. The van der Waals surface area contributed by atoms with E-state index in [2.05, 4.69) is 11.2 Å². The molecule has 1 aliphatic rings. The molecule has 0 heterocycles. The number of hydrogen-bond donors (Lipinski definition) is 2. The van der Waals surface area contributed by atoms with Crippen LogP contribution in [0.4, 0.5) is 0 Å². The van der Waals surface area contributed by atoms with E-state index < -0.39 is 6.04 Å². The van der Waals surface area contributed by atoms with Crippen molar-refractivity contribution in [3.8, 4) is 0 Å². The first kappa shape index (κ1) is 14.4. The molecule has 2 rings (SSSR count). The third-order valence-electron chi connectivity index (χ3n) is 4.14. The molecule has 5 nitrogen and oxygen atoms in total. The van der Waals surface area contributed by atoms with E-state index in [9.17, 15) is 4.79 Å².